The Balaban J connectivity index is 1.40. The highest BCUT2D eigenvalue weighted by Crippen LogP contribution is 2.59. The van der Waals surface area contributed by atoms with Crippen LogP contribution < -0.4 is 9.80 Å². The highest BCUT2D eigenvalue weighted by Gasteiger charge is 2.33. The monoisotopic (exact) mass is 589 g/mol. The summed E-state index contributed by atoms with van der Waals surface area (Å²) in [7, 11) is 0. The fourth-order valence-electron chi connectivity index (χ4n) is 6.02. The Morgan fingerprint density at radius 3 is 1.47 bits per heavy atom. The van der Waals surface area contributed by atoms with Gasteiger partial charge in [-0.15, -0.1) is 0 Å². The molecule has 0 aliphatic carbocycles. The van der Waals surface area contributed by atoms with Crippen LogP contribution in [0.4, 0.5) is 34.1 Å². The number of hydrogen-bond acceptors (Lipinski definition) is 6. The summed E-state index contributed by atoms with van der Waals surface area (Å²) < 4.78 is 6.48. The Kier molecular flexibility index (Phi) is 5.64. The number of hydrogen-bond donors (Lipinski definition) is 0. The minimum Gasteiger partial charge on any atom is -0.436 e. The Bertz CT molecular complexity index is 2070. The topological polar surface area (TPSA) is 32.5 Å². The van der Waals surface area contributed by atoms with Crippen LogP contribution in [0.3, 0.4) is 0 Å². The largest absolute Gasteiger partial charge is 0.436 e. The minimum atomic E-state index is 0.596. The van der Waals surface area contributed by atoms with E-state index in [0.717, 1.165) is 50.8 Å². The molecule has 7 aromatic rings. The van der Waals surface area contributed by atoms with Gasteiger partial charge in [0, 0.05) is 19.6 Å². The molecule has 0 radical (unpaired) electrons. The van der Waals surface area contributed by atoms with Gasteiger partial charge in [-0.2, -0.15) is 0 Å². The Labute approximate surface area is 257 Å². The molecule has 2 aliphatic heterocycles. The highest BCUT2D eigenvalue weighted by atomic mass is 32.2. The number of aromatic nitrogens is 1. The summed E-state index contributed by atoms with van der Waals surface area (Å²) in [6.07, 6.45) is 0. The lowest BCUT2D eigenvalue weighted by molar-refractivity contribution is 0.620. The van der Waals surface area contributed by atoms with Crippen LogP contribution in [0, 0.1) is 0 Å². The van der Waals surface area contributed by atoms with E-state index in [-0.39, 0.29) is 0 Å². The van der Waals surface area contributed by atoms with Crippen molar-refractivity contribution in [1.82, 2.24) is 4.98 Å². The summed E-state index contributed by atoms with van der Waals surface area (Å²) >= 11 is 3.62. The molecule has 0 spiro atoms. The summed E-state index contributed by atoms with van der Waals surface area (Å²) in [5.41, 5.74) is 9.17. The van der Waals surface area contributed by atoms with Crippen molar-refractivity contribution in [3.05, 3.63) is 140 Å². The van der Waals surface area contributed by atoms with Crippen LogP contribution in [0.5, 0.6) is 0 Å². The zero-order valence-electron chi connectivity index (χ0n) is 22.8. The Hall–Kier alpha value is -4.91. The first-order chi connectivity index (χ1) is 21.3. The average molecular weight is 590 g/mol. The van der Waals surface area contributed by atoms with Crippen LogP contribution in [-0.4, -0.2) is 4.98 Å². The second-order valence-electron chi connectivity index (χ2n) is 10.4. The van der Waals surface area contributed by atoms with Crippen LogP contribution in [-0.2, 0) is 0 Å². The van der Waals surface area contributed by atoms with Crippen molar-refractivity contribution in [2.75, 3.05) is 9.80 Å². The van der Waals surface area contributed by atoms with Gasteiger partial charge in [0.25, 0.3) is 0 Å². The molecule has 0 fully saturated rings. The summed E-state index contributed by atoms with van der Waals surface area (Å²) in [4.78, 5) is 14.6. The molecule has 6 heteroatoms. The molecule has 43 heavy (non-hydrogen) atoms. The van der Waals surface area contributed by atoms with Crippen molar-refractivity contribution in [2.45, 2.75) is 19.6 Å². The first kappa shape index (κ1) is 24.7. The maximum atomic E-state index is 6.48. The predicted octanol–water partition coefficient (Wildman–Crippen LogP) is 11.4. The zero-order valence-corrected chi connectivity index (χ0v) is 24.5. The molecule has 204 valence electrons. The smallest absolute Gasteiger partial charge is 0.229 e. The van der Waals surface area contributed by atoms with E-state index < -0.39 is 0 Å². The molecule has 0 saturated heterocycles. The summed E-state index contributed by atoms with van der Waals surface area (Å²) in [6, 6.07) is 49.0. The molecule has 0 atom stereocenters. The summed E-state index contributed by atoms with van der Waals surface area (Å²) in [5, 5.41) is 0. The number of rotatable bonds is 3. The third kappa shape index (κ3) is 3.91. The average Bonchev–Trinajstić information content (AvgIpc) is 3.50. The number of nitrogens with zero attached hydrogens (tertiary/aromatic N) is 3. The molecule has 3 heterocycles. The number of anilines is 6. The maximum absolute atomic E-state index is 6.48. The van der Waals surface area contributed by atoms with Crippen molar-refractivity contribution in [2.24, 2.45) is 0 Å². The summed E-state index contributed by atoms with van der Waals surface area (Å²) in [5.74, 6) is 0.596. The van der Waals surface area contributed by atoms with E-state index in [1.165, 1.54) is 19.6 Å². The first-order valence-electron chi connectivity index (χ1n) is 14.1. The van der Waals surface area contributed by atoms with Gasteiger partial charge in [-0.1, -0.05) is 90.3 Å². The van der Waals surface area contributed by atoms with Crippen molar-refractivity contribution in [3.8, 4) is 11.5 Å². The van der Waals surface area contributed by atoms with Gasteiger partial charge in [0.2, 0.25) is 5.89 Å². The molecule has 0 N–H and O–H groups in total. The van der Waals surface area contributed by atoms with Crippen molar-refractivity contribution >= 4 is 68.7 Å². The number of para-hydroxylation sites is 7. The van der Waals surface area contributed by atoms with E-state index in [1.54, 1.807) is 0 Å². The molecule has 4 nitrogen and oxygen atoms in total. The molecule has 0 unspecified atom stereocenters. The molecule has 0 bridgehead atoms. The van der Waals surface area contributed by atoms with Gasteiger partial charge in [-0.3, -0.25) is 0 Å². The quantitative estimate of drug-likeness (QED) is 0.204. The molecule has 9 rings (SSSR count). The van der Waals surface area contributed by atoms with E-state index in [0.29, 0.717) is 5.89 Å². The van der Waals surface area contributed by atoms with Crippen molar-refractivity contribution < 1.29 is 4.42 Å². The van der Waals surface area contributed by atoms with Crippen molar-refractivity contribution in [1.29, 1.82) is 0 Å². The molecule has 1 aromatic heterocycles. The van der Waals surface area contributed by atoms with Gasteiger partial charge < -0.3 is 14.2 Å². The lowest BCUT2D eigenvalue weighted by Crippen LogP contribution is -2.21. The highest BCUT2D eigenvalue weighted by molar-refractivity contribution is 8.00. The van der Waals surface area contributed by atoms with Crippen LogP contribution in [0.2, 0.25) is 0 Å². The predicted molar refractivity (Wildman–Crippen MR) is 177 cm³/mol. The van der Waals surface area contributed by atoms with Crippen LogP contribution >= 0.6 is 23.5 Å². The standard InChI is InChI=1S/C37H23N3OS2/c1-6-19-31-25(13-1)38-37(41-31)24-12-11-18-30(39-26-14-2-7-20-32(26)42-33-21-8-3-15-27(33)39)36(24)40-28-16-4-9-22-34(28)43-35-23-10-5-17-29(35)40/h1-23H. The van der Waals surface area contributed by atoms with Gasteiger partial charge in [0.1, 0.15) is 5.52 Å². The third-order valence-electron chi connectivity index (χ3n) is 7.87. The zero-order chi connectivity index (χ0) is 28.3. The Morgan fingerprint density at radius 2 is 0.907 bits per heavy atom. The summed E-state index contributed by atoms with van der Waals surface area (Å²) in [6.45, 7) is 0. The van der Waals surface area contributed by atoms with E-state index in [9.17, 15) is 0 Å². The molecule has 6 aromatic carbocycles. The lowest BCUT2D eigenvalue weighted by Gasteiger charge is -2.39. The van der Waals surface area contributed by atoms with Gasteiger partial charge in [0.05, 0.1) is 39.7 Å². The number of oxazole rings is 1. The van der Waals surface area contributed by atoms with E-state index in [4.69, 9.17) is 9.40 Å². The van der Waals surface area contributed by atoms with E-state index in [1.807, 2.05) is 47.8 Å². The fraction of sp³-hybridized carbons (Fsp3) is 0. The SMILES string of the molecule is c1ccc2c(c1)Sc1ccccc1N2c1cccc(-c2nc3ccccc3o2)c1N1c2ccccc2Sc2ccccc21. The van der Waals surface area contributed by atoms with Gasteiger partial charge in [0.15, 0.2) is 5.58 Å². The van der Waals surface area contributed by atoms with E-state index >= 15 is 0 Å². The third-order valence-corrected chi connectivity index (χ3v) is 10.1. The van der Waals surface area contributed by atoms with Crippen molar-refractivity contribution in [3.63, 3.8) is 0 Å². The second kappa shape index (κ2) is 9.83. The Morgan fingerprint density at radius 1 is 0.442 bits per heavy atom. The lowest BCUT2D eigenvalue weighted by atomic mass is 10.0. The van der Waals surface area contributed by atoms with Crippen LogP contribution in [0.15, 0.2) is 164 Å². The molecule has 0 saturated carbocycles. The second-order valence-corrected chi connectivity index (χ2v) is 12.6. The minimum absolute atomic E-state index is 0.596. The van der Waals surface area contributed by atoms with Gasteiger partial charge >= 0.3 is 0 Å². The molecule has 2 aliphatic rings. The first-order valence-corrected chi connectivity index (χ1v) is 15.8. The van der Waals surface area contributed by atoms with Crippen LogP contribution in [0.1, 0.15) is 0 Å². The maximum Gasteiger partial charge on any atom is 0.229 e. The van der Waals surface area contributed by atoms with E-state index in [2.05, 4.69) is 125 Å². The van der Waals surface area contributed by atoms with Gasteiger partial charge in [-0.05, 0) is 72.8 Å². The number of fused-ring (bicyclic) bond motifs is 5. The molecular weight excluding hydrogens is 567 g/mol. The molecule has 0 amide bonds. The van der Waals surface area contributed by atoms with Crippen LogP contribution in [0.25, 0.3) is 22.6 Å². The normalized spacial score (nSPS) is 13.3. The fourth-order valence-corrected chi connectivity index (χ4v) is 8.13. The molecular formula is C37H23N3OS2. The number of benzene rings is 6. The van der Waals surface area contributed by atoms with Gasteiger partial charge in [-0.25, -0.2) is 4.98 Å².